The van der Waals surface area contributed by atoms with Gasteiger partial charge in [-0.15, -0.1) is 0 Å². The molecule has 1 aliphatic carbocycles. The van der Waals surface area contributed by atoms with Crippen molar-refractivity contribution in [1.29, 1.82) is 0 Å². The second-order valence-electron chi connectivity index (χ2n) is 29.2. The zero-order chi connectivity index (χ0) is 78.1. The van der Waals surface area contributed by atoms with Crippen molar-refractivity contribution in [1.82, 2.24) is 36.4 Å². The van der Waals surface area contributed by atoms with Gasteiger partial charge in [0.25, 0.3) is 11.8 Å². The lowest BCUT2D eigenvalue weighted by Crippen LogP contribution is -2.55. The van der Waals surface area contributed by atoms with E-state index in [0.29, 0.717) is 103 Å². The fraction of sp³-hybridized carbons (Fsp3) is 0.402. The molecule has 1 saturated carbocycles. The number of unbranched alkanes of at least 4 members (excludes halogenated alkanes) is 2. The first kappa shape index (κ1) is 77.8. The van der Waals surface area contributed by atoms with E-state index in [-0.39, 0.29) is 90.6 Å². The van der Waals surface area contributed by atoms with Crippen molar-refractivity contribution in [3.8, 4) is 28.7 Å². The summed E-state index contributed by atoms with van der Waals surface area (Å²) in [5.41, 5.74) is 15.2. The quantitative estimate of drug-likeness (QED) is 0.0199. The zero-order valence-electron chi connectivity index (χ0n) is 63.1. The third-order valence-corrected chi connectivity index (χ3v) is 20.7. The number of benzene rings is 6. The van der Waals surface area contributed by atoms with Gasteiger partial charge in [-0.3, -0.25) is 38.4 Å². The summed E-state index contributed by atoms with van der Waals surface area (Å²) in [5.74, 6) is -2.31. The molecule has 0 aromatic heterocycles. The largest absolute Gasteiger partial charge is 0.497 e. The summed E-state index contributed by atoms with van der Waals surface area (Å²) >= 11 is 0. The van der Waals surface area contributed by atoms with Crippen LogP contribution in [-0.2, 0) is 46.7 Å². The number of methoxy groups -OCH3 is 3. The summed E-state index contributed by atoms with van der Waals surface area (Å²) in [5, 5.41) is 32.1. The third-order valence-electron chi connectivity index (χ3n) is 20.7. The molecule has 5 atom stereocenters. The summed E-state index contributed by atoms with van der Waals surface area (Å²) in [7, 11) is 4.62. The highest BCUT2D eigenvalue weighted by molar-refractivity contribution is 6.07. The van der Waals surface area contributed by atoms with Crippen molar-refractivity contribution in [3.05, 3.63) is 166 Å². The molecule has 2 fully saturated rings. The highest BCUT2D eigenvalue weighted by Crippen LogP contribution is 2.57. The number of hydrogen-bond acceptors (Lipinski definition) is 19. The Labute approximate surface area is 638 Å². The molecule has 110 heavy (non-hydrogen) atoms. The number of nitrogens with zero attached hydrogens (tertiary/aromatic N) is 4. The van der Waals surface area contributed by atoms with E-state index in [1.807, 2.05) is 98.9 Å². The minimum Gasteiger partial charge on any atom is -0.497 e. The average Bonchev–Trinajstić information content (AvgIpc) is 1.56. The highest BCUT2D eigenvalue weighted by atomic mass is 16.6. The molecule has 12 rings (SSSR count). The number of nitrogens with two attached hydrogens (primary N) is 1. The number of carbonyl (C=O) groups excluding carboxylic acids is 9. The molecule has 5 aliphatic heterocycles. The molecule has 28 heteroatoms. The molecule has 580 valence electrons. The fourth-order valence-electron chi connectivity index (χ4n) is 14.5. The van der Waals surface area contributed by atoms with E-state index in [1.165, 1.54) is 33.3 Å². The topological polar surface area (TPSA) is 352 Å². The number of fused-ring (bicyclic) bond motifs is 6. The van der Waals surface area contributed by atoms with Crippen LogP contribution in [0.25, 0.3) is 17.0 Å². The molecular formula is C82H96N12O16. The number of aliphatic hydroxyl groups excluding tert-OH is 1. The Bertz CT molecular complexity index is 4560. The number of carbonyl (C=O) groups is 9. The number of rotatable bonds is 29. The molecule has 9 amide bonds. The van der Waals surface area contributed by atoms with Gasteiger partial charge in [0.15, 0.2) is 29.2 Å². The number of aliphatic hydroxyl groups is 1. The van der Waals surface area contributed by atoms with Gasteiger partial charge in [0.2, 0.25) is 35.4 Å². The summed E-state index contributed by atoms with van der Waals surface area (Å²) in [6, 6.07) is 32.9. The summed E-state index contributed by atoms with van der Waals surface area (Å²) in [6.45, 7) is 9.37. The fourth-order valence-corrected chi connectivity index (χ4v) is 14.5. The lowest BCUT2D eigenvalue weighted by molar-refractivity contribution is -0.132. The molecule has 0 bridgehead atoms. The maximum atomic E-state index is 14.5. The number of amides is 9. The van der Waals surface area contributed by atoms with E-state index in [1.54, 1.807) is 66.0 Å². The predicted octanol–water partition coefficient (Wildman–Crippen LogP) is 8.42. The van der Waals surface area contributed by atoms with Crippen molar-refractivity contribution >= 4 is 93.1 Å². The Hall–Kier alpha value is -11.8. The Morgan fingerprint density at radius 3 is 2.02 bits per heavy atom. The molecule has 28 nitrogen and oxygen atoms in total. The van der Waals surface area contributed by atoms with E-state index < -0.39 is 79.0 Å². The Morgan fingerprint density at radius 1 is 0.673 bits per heavy atom. The minimum absolute atomic E-state index is 0.0770. The van der Waals surface area contributed by atoms with Crippen LogP contribution in [0, 0.1) is 11.3 Å². The van der Waals surface area contributed by atoms with E-state index in [0.717, 1.165) is 51.5 Å². The van der Waals surface area contributed by atoms with Crippen molar-refractivity contribution in [3.63, 3.8) is 0 Å². The molecule has 1 saturated heterocycles. The zero-order valence-corrected chi connectivity index (χ0v) is 63.1. The monoisotopic (exact) mass is 1500 g/mol. The first-order valence-electron chi connectivity index (χ1n) is 37.3. The van der Waals surface area contributed by atoms with Crippen LogP contribution in [0.2, 0.25) is 0 Å². The second-order valence-corrected chi connectivity index (χ2v) is 29.2. The maximum absolute atomic E-state index is 14.5. The van der Waals surface area contributed by atoms with Crippen LogP contribution in [0.3, 0.4) is 0 Å². The van der Waals surface area contributed by atoms with Gasteiger partial charge in [0.05, 0.1) is 106 Å². The predicted molar refractivity (Wildman–Crippen MR) is 413 cm³/mol. The second kappa shape index (κ2) is 34.2. The van der Waals surface area contributed by atoms with Gasteiger partial charge in [-0.2, -0.15) is 0 Å². The Morgan fingerprint density at radius 2 is 1.34 bits per heavy atom. The maximum Gasteiger partial charge on any atom is 0.416 e. The van der Waals surface area contributed by atoms with Gasteiger partial charge in [-0.05, 0) is 142 Å². The van der Waals surface area contributed by atoms with E-state index in [9.17, 15) is 48.3 Å². The average molecular weight is 1510 g/mol. The molecule has 0 radical (unpaired) electrons. The summed E-state index contributed by atoms with van der Waals surface area (Å²) < 4.78 is 35.3. The van der Waals surface area contributed by atoms with E-state index in [2.05, 4.69) is 37.2 Å². The Balaban J connectivity index is 0.589. The van der Waals surface area contributed by atoms with Crippen LogP contribution in [0.1, 0.15) is 141 Å². The summed E-state index contributed by atoms with van der Waals surface area (Å²) in [6.07, 6.45) is 4.01. The molecule has 6 aromatic carbocycles. The molecule has 6 aromatic rings. The van der Waals surface area contributed by atoms with Crippen molar-refractivity contribution in [2.75, 3.05) is 81.2 Å². The van der Waals surface area contributed by atoms with Gasteiger partial charge in [-0.25, -0.2) is 9.69 Å². The smallest absolute Gasteiger partial charge is 0.416 e. The lowest BCUT2D eigenvalue weighted by Gasteiger charge is -2.31. The first-order valence-corrected chi connectivity index (χ1v) is 37.3. The molecule has 1 spiro atoms. The van der Waals surface area contributed by atoms with Gasteiger partial charge in [0, 0.05) is 67.1 Å². The van der Waals surface area contributed by atoms with E-state index in [4.69, 9.17) is 34.2 Å². The van der Waals surface area contributed by atoms with Gasteiger partial charge in [-0.1, -0.05) is 80.6 Å². The van der Waals surface area contributed by atoms with Gasteiger partial charge in [0.1, 0.15) is 24.4 Å². The number of para-hydroxylation sites is 1. The number of ether oxygens (including phenoxy) is 6. The number of nitrogens with one attached hydrogen (secondary N) is 7. The number of anilines is 4. The van der Waals surface area contributed by atoms with Crippen molar-refractivity contribution < 1.29 is 76.7 Å². The molecule has 10 N–H and O–H groups in total. The molecule has 6 aliphatic rings. The van der Waals surface area contributed by atoms with Gasteiger partial charge >= 0.3 is 6.09 Å². The van der Waals surface area contributed by atoms with E-state index >= 15 is 0 Å². The number of hydrogen-bond donors (Lipinski definition) is 9. The van der Waals surface area contributed by atoms with Crippen LogP contribution in [-0.4, -0.2) is 165 Å². The molecule has 5 heterocycles. The normalized spacial score (nSPS) is 18.3. The van der Waals surface area contributed by atoms with Crippen LogP contribution in [0.5, 0.6) is 28.7 Å². The highest BCUT2D eigenvalue weighted by Gasteiger charge is 2.58. The van der Waals surface area contributed by atoms with Crippen molar-refractivity contribution in [2.24, 2.45) is 17.1 Å². The third kappa shape index (κ3) is 17.7. The SMILES string of the molecule is COc1ccc(C2=CN3C(=O)c4cc(OC)c(OCCCCCOc5cc6c(cc5OC)C(=O)N5CC7(CC7)CC5[C@H](O)N6C(=O)OCc5ccc(NC(=O)[C@H](C)NC(=O)[C@@H](NC(=O)CNC(=O)CNC(=O)CCC(=O)N6Cc7ccccc7/C(NC(C)C)=C(/N)c7ccccc76)C(C)C)cc5)cc4NCC3C2)cc1. The van der Waals surface area contributed by atoms with Crippen LogP contribution in [0.4, 0.5) is 27.5 Å². The lowest BCUT2D eigenvalue weighted by atomic mass is 9.95. The van der Waals surface area contributed by atoms with Gasteiger partial charge < -0.3 is 91.2 Å². The van der Waals surface area contributed by atoms with Crippen molar-refractivity contribution in [2.45, 2.75) is 142 Å². The minimum atomic E-state index is -1.48. The molecular weight excluding hydrogens is 1410 g/mol. The molecule has 2 unspecified atom stereocenters. The van der Waals surface area contributed by atoms with Crippen LogP contribution in [0.15, 0.2) is 128 Å². The van der Waals surface area contributed by atoms with Crippen LogP contribution < -0.4 is 76.4 Å². The Kier molecular flexibility index (Phi) is 24.2. The first-order chi connectivity index (χ1) is 52.9. The van der Waals surface area contributed by atoms with Crippen LogP contribution >= 0.6 is 0 Å². The summed E-state index contributed by atoms with van der Waals surface area (Å²) in [4.78, 5) is 129. The standard InChI is InChI=1S/C82H96N12O16/c1-47(2)74(90-71(97)42-86-70(96)41-85-69(95)28-29-72(98)92-43-52-16-10-11-17-57(52)75(87-48(3)4)73(83)58-18-12-13-19-62(58)92)77(100)88-49(5)76(99)89-54-24-20-50(21-25-54)45-110-81(104)94-63-38-68(66(107-8)36-60(63)79(102)93-46-82(30-31-82)39-64(93)80(94)103)109-33-15-9-14-32-108-67-37-61-59(35-65(67)106-7)78(101)91-44-53(34-55(91)40-84-61)51-22-26-56(105-6)27-23-51/h10-13,16-27,35-38,44,47-49,55,64,74,80,84,87,103H,9,14-15,28-34,39-43,45-46,83H2,1-8H3,(H,85,95)(H,86,96)(H,88,100)(H,89,99)(H,90,97)/b75-73-/t49-,55?,64?,74-,80-/m0/s1.